The summed E-state index contributed by atoms with van der Waals surface area (Å²) in [5.74, 6) is -1.55. The second-order valence-electron chi connectivity index (χ2n) is 4.65. The number of methoxy groups -OCH3 is 1. The van der Waals surface area contributed by atoms with Gasteiger partial charge in [0, 0.05) is 6.04 Å². The Morgan fingerprint density at radius 2 is 1.81 bits per heavy atom. The summed E-state index contributed by atoms with van der Waals surface area (Å²) in [6, 6.07) is 4.04. The molecule has 1 aromatic rings. The van der Waals surface area contributed by atoms with Crippen LogP contribution in [0.4, 0.5) is 13.2 Å². The van der Waals surface area contributed by atoms with Crippen LogP contribution >= 0.6 is 0 Å². The monoisotopic (exact) mass is 303 g/mol. The lowest BCUT2D eigenvalue weighted by atomic mass is 10.1. The molecule has 21 heavy (non-hydrogen) atoms. The number of amides is 1. The van der Waals surface area contributed by atoms with E-state index >= 15 is 0 Å². The summed E-state index contributed by atoms with van der Waals surface area (Å²) in [5, 5.41) is 0. The Kier molecular flexibility index (Phi) is 5.34. The molecular weight excluding hydrogens is 287 g/mol. The van der Waals surface area contributed by atoms with Gasteiger partial charge in [-0.15, -0.1) is 0 Å². The van der Waals surface area contributed by atoms with E-state index in [1.54, 1.807) is 13.8 Å². The molecule has 0 fully saturated rings. The van der Waals surface area contributed by atoms with Crippen molar-refractivity contribution in [3.05, 3.63) is 35.4 Å². The van der Waals surface area contributed by atoms with E-state index in [-0.39, 0.29) is 0 Å². The Morgan fingerprint density at radius 3 is 2.29 bits per heavy atom. The Labute approximate surface area is 120 Å². The van der Waals surface area contributed by atoms with Gasteiger partial charge in [-0.05, 0) is 26.0 Å². The molecule has 0 aliphatic rings. The maximum atomic E-state index is 12.9. The average molecular weight is 303 g/mol. The Hall–Kier alpha value is -2.05. The topological polar surface area (TPSA) is 46.6 Å². The largest absolute Gasteiger partial charge is 0.468 e. The van der Waals surface area contributed by atoms with Gasteiger partial charge in [0.15, 0.2) is 0 Å². The van der Waals surface area contributed by atoms with Gasteiger partial charge in [-0.25, -0.2) is 0 Å². The number of rotatable bonds is 4. The number of ether oxygens (including phenoxy) is 1. The molecule has 0 aliphatic carbocycles. The van der Waals surface area contributed by atoms with Gasteiger partial charge in [-0.1, -0.05) is 12.1 Å². The van der Waals surface area contributed by atoms with Crippen molar-refractivity contribution in [3.8, 4) is 0 Å². The summed E-state index contributed by atoms with van der Waals surface area (Å²) in [5.41, 5.74) is -1.51. The van der Waals surface area contributed by atoms with Gasteiger partial charge >= 0.3 is 12.1 Å². The van der Waals surface area contributed by atoms with Gasteiger partial charge in [-0.3, -0.25) is 9.59 Å². The maximum Gasteiger partial charge on any atom is 0.417 e. The first-order valence-electron chi connectivity index (χ1n) is 6.22. The first kappa shape index (κ1) is 17.0. The van der Waals surface area contributed by atoms with Crippen molar-refractivity contribution in [1.82, 2.24) is 4.90 Å². The minimum absolute atomic E-state index is 0.404. The first-order chi connectivity index (χ1) is 9.68. The molecule has 0 saturated heterocycles. The summed E-state index contributed by atoms with van der Waals surface area (Å²) in [4.78, 5) is 24.7. The van der Waals surface area contributed by atoms with Gasteiger partial charge in [-0.2, -0.15) is 13.2 Å². The van der Waals surface area contributed by atoms with E-state index in [1.807, 2.05) is 0 Å². The number of carbonyl (C=O) groups excluding carboxylic acids is 2. The zero-order valence-electron chi connectivity index (χ0n) is 11.9. The predicted molar refractivity (Wildman–Crippen MR) is 69.6 cm³/mol. The van der Waals surface area contributed by atoms with Gasteiger partial charge < -0.3 is 9.64 Å². The Balaban J connectivity index is 3.19. The second-order valence-corrected chi connectivity index (χ2v) is 4.65. The van der Waals surface area contributed by atoms with Gasteiger partial charge in [0.25, 0.3) is 5.91 Å². The molecular formula is C14H16F3NO3. The highest BCUT2D eigenvalue weighted by molar-refractivity contribution is 5.97. The molecule has 0 heterocycles. The number of carbonyl (C=O) groups is 2. The molecule has 7 heteroatoms. The maximum absolute atomic E-state index is 12.9. The molecule has 0 radical (unpaired) electrons. The molecule has 1 rings (SSSR count). The molecule has 4 nitrogen and oxygen atoms in total. The number of esters is 1. The molecule has 0 N–H and O–H groups in total. The van der Waals surface area contributed by atoms with Crippen molar-refractivity contribution in [2.45, 2.75) is 26.1 Å². The first-order valence-corrected chi connectivity index (χ1v) is 6.22. The molecule has 1 aromatic carbocycles. The smallest absolute Gasteiger partial charge is 0.417 e. The van der Waals surface area contributed by atoms with E-state index in [0.717, 1.165) is 24.1 Å². The molecule has 0 aromatic heterocycles. The van der Waals surface area contributed by atoms with Crippen molar-refractivity contribution < 1.29 is 27.5 Å². The third-order valence-electron chi connectivity index (χ3n) is 2.87. The van der Waals surface area contributed by atoms with Crippen molar-refractivity contribution in [2.75, 3.05) is 13.7 Å². The summed E-state index contributed by atoms with van der Waals surface area (Å²) in [7, 11) is 1.15. The molecule has 1 amide bonds. The van der Waals surface area contributed by atoms with Crippen LogP contribution in [0.15, 0.2) is 24.3 Å². The zero-order valence-corrected chi connectivity index (χ0v) is 11.9. The summed E-state index contributed by atoms with van der Waals surface area (Å²) < 4.78 is 43.3. The highest BCUT2D eigenvalue weighted by Crippen LogP contribution is 2.32. The summed E-state index contributed by atoms with van der Waals surface area (Å²) in [6.07, 6.45) is -4.64. The van der Waals surface area contributed by atoms with Crippen molar-refractivity contribution in [1.29, 1.82) is 0 Å². The fourth-order valence-electron chi connectivity index (χ4n) is 1.76. The van der Waals surface area contributed by atoms with Crippen LogP contribution in [-0.2, 0) is 15.7 Å². The quantitative estimate of drug-likeness (QED) is 0.804. The van der Waals surface area contributed by atoms with Crippen LogP contribution in [-0.4, -0.2) is 36.5 Å². The van der Waals surface area contributed by atoms with E-state index in [4.69, 9.17) is 0 Å². The predicted octanol–water partition coefficient (Wildman–Crippen LogP) is 2.73. The number of nitrogens with zero attached hydrogens (tertiary/aromatic N) is 1. The normalized spacial score (nSPS) is 11.4. The number of halogens is 3. The standard InChI is InChI=1S/C14H16F3NO3/c1-9(2)18(8-12(19)21-3)13(20)10-6-4-5-7-11(10)14(15,16)17/h4-7,9H,8H2,1-3H3. The number of hydrogen-bond acceptors (Lipinski definition) is 3. The van der Waals surface area contributed by atoms with E-state index < -0.39 is 41.8 Å². The van der Waals surface area contributed by atoms with Gasteiger partial charge in [0.2, 0.25) is 0 Å². The summed E-state index contributed by atoms with van der Waals surface area (Å²) >= 11 is 0. The molecule has 0 aliphatic heterocycles. The lowest BCUT2D eigenvalue weighted by Gasteiger charge is -2.26. The molecule has 0 atom stereocenters. The van der Waals surface area contributed by atoms with E-state index in [2.05, 4.69) is 4.74 Å². The van der Waals surface area contributed by atoms with Crippen LogP contribution in [0.5, 0.6) is 0 Å². The minimum atomic E-state index is -4.64. The van der Waals surface area contributed by atoms with Crippen LogP contribution in [0.2, 0.25) is 0 Å². The fraction of sp³-hybridized carbons (Fsp3) is 0.429. The zero-order chi connectivity index (χ0) is 16.2. The minimum Gasteiger partial charge on any atom is -0.468 e. The van der Waals surface area contributed by atoms with Gasteiger partial charge in [0.05, 0.1) is 18.2 Å². The van der Waals surface area contributed by atoms with E-state index in [9.17, 15) is 22.8 Å². The fourth-order valence-corrected chi connectivity index (χ4v) is 1.76. The van der Waals surface area contributed by atoms with Crippen LogP contribution in [0, 0.1) is 0 Å². The molecule has 0 unspecified atom stereocenters. The highest BCUT2D eigenvalue weighted by Gasteiger charge is 2.36. The number of alkyl halides is 3. The lowest BCUT2D eigenvalue weighted by Crippen LogP contribution is -2.41. The van der Waals surface area contributed by atoms with Crippen LogP contribution in [0.25, 0.3) is 0 Å². The molecule has 0 bridgehead atoms. The lowest BCUT2D eigenvalue weighted by molar-refractivity contribution is -0.141. The SMILES string of the molecule is COC(=O)CN(C(=O)c1ccccc1C(F)(F)F)C(C)C. The third-order valence-corrected chi connectivity index (χ3v) is 2.87. The molecule has 0 saturated carbocycles. The molecule has 0 spiro atoms. The van der Waals surface area contributed by atoms with Crippen molar-refractivity contribution in [3.63, 3.8) is 0 Å². The highest BCUT2D eigenvalue weighted by atomic mass is 19.4. The summed E-state index contributed by atoms with van der Waals surface area (Å²) in [6.45, 7) is 2.81. The third kappa shape index (κ3) is 4.21. The number of benzene rings is 1. The van der Waals surface area contributed by atoms with Crippen molar-refractivity contribution >= 4 is 11.9 Å². The van der Waals surface area contributed by atoms with Crippen molar-refractivity contribution in [2.24, 2.45) is 0 Å². The van der Waals surface area contributed by atoms with E-state index in [0.29, 0.717) is 0 Å². The Morgan fingerprint density at radius 1 is 1.24 bits per heavy atom. The van der Waals surface area contributed by atoms with E-state index in [1.165, 1.54) is 12.1 Å². The van der Waals surface area contributed by atoms with Crippen LogP contribution in [0.3, 0.4) is 0 Å². The average Bonchev–Trinajstić information content (AvgIpc) is 2.42. The number of hydrogen-bond donors (Lipinski definition) is 0. The molecule has 116 valence electrons. The Bertz CT molecular complexity index is 526. The van der Waals surface area contributed by atoms with Crippen LogP contribution in [0.1, 0.15) is 29.8 Å². The van der Waals surface area contributed by atoms with Crippen LogP contribution < -0.4 is 0 Å². The second kappa shape index (κ2) is 6.60. The van der Waals surface area contributed by atoms with Gasteiger partial charge in [0.1, 0.15) is 6.54 Å².